The van der Waals surface area contributed by atoms with Gasteiger partial charge in [0.15, 0.2) is 0 Å². The normalized spacial score (nSPS) is 19.0. The van der Waals surface area contributed by atoms with Crippen LogP contribution in [0.5, 0.6) is 0 Å². The van der Waals surface area contributed by atoms with Crippen molar-refractivity contribution in [1.29, 1.82) is 0 Å². The maximum absolute atomic E-state index is 12.5. The van der Waals surface area contributed by atoms with Gasteiger partial charge in [0.25, 0.3) is 0 Å². The van der Waals surface area contributed by atoms with Crippen molar-refractivity contribution >= 4 is 11.7 Å². The Balaban J connectivity index is 1.38. The molecule has 6 nitrogen and oxygen atoms in total. The highest BCUT2D eigenvalue weighted by atomic mass is 16.5. The van der Waals surface area contributed by atoms with Gasteiger partial charge in [-0.1, -0.05) is 32.9 Å². The molecule has 0 unspecified atom stereocenters. The summed E-state index contributed by atoms with van der Waals surface area (Å²) in [7, 11) is 0. The minimum absolute atomic E-state index is 0.0488. The second kappa shape index (κ2) is 9.61. The number of anilines is 1. The fraction of sp³-hybridized carbons (Fsp3) is 0.682. The Labute approximate surface area is 169 Å². The van der Waals surface area contributed by atoms with Crippen LogP contribution >= 0.6 is 0 Å². The summed E-state index contributed by atoms with van der Waals surface area (Å²) in [6.45, 7) is 15.6. The first kappa shape index (κ1) is 20.9. The van der Waals surface area contributed by atoms with Crippen molar-refractivity contribution in [2.75, 3.05) is 63.9 Å². The predicted molar refractivity (Wildman–Crippen MR) is 114 cm³/mol. The third kappa shape index (κ3) is 6.38. The van der Waals surface area contributed by atoms with Gasteiger partial charge in [-0.2, -0.15) is 0 Å². The molecule has 2 aliphatic rings. The molecular weight excluding hydrogens is 352 g/mol. The van der Waals surface area contributed by atoms with E-state index in [4.69, 9.17) is 4.74 Å². The number of piperazine rings is 1. The zero-order valence-electron chi connectivity index (χ0n) is 17.7. The zero-order chi connectivity index (χ0) is 20.0. The number of carbonyl (C=O) groups is 1. The summed E-state index contributed by atoms with van der Waals surface area (Å²) < 4.78 is 5.41. The molecule has 2 heterocycles. The molecule has 3 rings (SSSR count). The molecule has 2 amide bonds. The van der Waals surface area contributed by atoms with E-state index < -0.39 is 0 Å². The van der Waals surface area contributed by atoms with Crippen LogP contribution in [0.1, 0.15) is 32.8 Å². The van der Waals surface area contributed by atoms with Gasteiger partial charge in [0, 0.05) is 51.5 Å². The number of nitrogens with zero attached hydrogens (tertiary/aromatic N) is 3. The Morgan fingerprint density at radius 3 is 2.25 bits per heavy atom. The zero-order valence-corrected chi connectivity index (χ0v) is 17.7. The lowest BCUT2D eigenvalue weighted by molar-refractivity contribution is 0.122. The molecule has 2 saturated heterocycles. The topological polar surface area (TPSA) is 48.0 Å². The van der Waals surface area contributed by atoms with Crippen LogP contribution in [0.15, 0.2) is 24.3 Å². The molecule has 0 radical (unpaired) electrons. The number of hydrogen-bond donors (Lipinski definition) is 1. The van der Waals surface area contributed by atoms with E-state index in [1.807, 2.05) is 4.90 Å². The lowest BCUT2D eigenvalue weighted by atomic mass is 9.92. The number of benzene rings is 1. The van der Waals surface area contributed by atoms with Gasteiger partial charge in [0.05, 0.1) is 13.2 Å². The average molecular weight is 389 g/mol. The SMILES string of the molecule is CC(C)(C)CCN1CCN(C(=O)NCc2ccc(N3CCOCC3)cc2)CC1. The summed E-state index contributed by atoms with van der Waals surface area (Å²) in [5, 5.41) is 3.07. The van der Waals surface area contributed by atoms with E-state index in [2.05, 4.69) is 60.2 Å². The maximum atomic E-state index is 12.5. The molecule has 156 valence electrons. The van der Waals surface area contributed by atoms with Gasteiger partial charge < -0.3 is 19.9 Å². The van der Waals surface area contributed by atoms with Crippen molar-refractivity contribution in [3.05, 3.63) is 29.8 Å². The molecule has 28 heavy (non-hydrogen) atoms. The highest BCUT2D eigenvalue weighted by Crippen LogP contribution is 2.19. The van der Waals surface area contributed by atoms with Crippen LogP contribution in [-0.4, -0.2) is 74.9 Å². The van der Waals surface area contributed by atoms with Gasteiger partial charge in [-0.25, -0.2) is 4.79 Å². The molecule has 1 aromatic rings. The fourth-order valence-corrected chi connectivity index (χ4v) is 3.60. The van der Waals surface area contributed by atoms with Crippen molar-refractivity contribution < 1.29 is 9.53 Å². The number of nitrogens with one attached hydrogen (secondary N) is 1. The molecule has 2 aliphatic heterocycles. The standard InChI is InChI=1S/C22H36N4O2/c1-22(2,3)8-9-24-10-12-26(13-11-24)21(27)23-18-19-4-6-20(7-5-19)25-14-16-28-17-15-25/h4-7H,8-18H2,1-3H3,(H,23,27). The van der Waals surface area contributed by atoms with Gasteiger partial charge in [0.2, 0.25) is 0 Å². The number of hydrogen-bond acceptors (Lipinski definition) is 4. The summed E-state index contributed by atoms with van der Waals surface area (Å²) in [5.41, 5.74) is 2.73. The van der Waals surface area contributed by atoms with Gasteiger partial charge in [0.1, 0.15) is 0 Å². The van der Waals surface area contributed by atoms with E-state index in [0.29, 0.717) is 12.0 Å². The van der Waals surface area contributed by atoms with E-state index in [1.165, 1.54) is 12.1 Å². The van der Waals surface area contributed by atoms with Crippen molar-refractivity contribution in [3.63, 3.8) is 0 Å². The first-order chi connectivity index (χ1) is 13.4. The third-order valence-electron chi connectivity index (χ3n) is 5.59. The molecular formula is C22H36N4O2. The summed E-state index contributed by atoms with van der Waals surface area (Å²) in [5.74, 6) is 0. The van der Waals surface area contributed by atoms with Crippen LogP contribution in [0.3, 0.4) is 0 Å². The number of ether oxygens (including phenoxy) is 1. The maximum Gasteiger partial charge on any atom is 0.317 e. The van der Waals surface area contributed by atoms with Gasteiger partial charge in [-0.15, -0.1) is 0 Å². The molecule has 0 aromatic heterocycles. The lowest BCUT2D eigenvalue weighted by Gasteiger charge is -2.36. The Morgan fingerprint density at radius 1 is 1.00 bits per heavy atom. The number of morpholine rings is 1. The van der Waals surface area contributed by atoms with Crippen LogP contribution in [0.4, 0.5) is 10.5 Å². The van der Waals surface area contributed by atoms with Crippen molar-refractivity contribution in [2.45, 2.75) is 33.7 Å². The van der Waals surface area contributed by atoms with Crippen molar-refractivity contribution in [2.24, 2.45) is 5.41 Å². The number of amides is 2. The lowest BCUT2D eigenvalue weighted by Crippen LogP contribution is -2.51. The highest BCUT2D eigenvalue weighted by Gasteiger charge is 2.22. The number of carbonyl (C=O) groups excluding carboxylic acids is 1. The van der Waals surface area contributed by atoms with E-state index in [9.17, 15) is 4.79 Å². The Morgan fingerprint density at radius 2 is 1.64 bits per heavy atom. The highest BCUT2D eigenvalue weighted by molar-refractivity contribution is 5.74. The molecule has 0 saturated carbocycles. The Hall–Kier alpha value is -1.79. The minimum atomic E-state index is 0.0488. The smallest absolute Gasteiger partial charge is 0.317 e. The first-order valence-electron chi connectivity index (χ1n) is 10.6. The monoisotopic (exact) mass is 388 g/mol. The molecule has 6 heteroatoms. The number of urea groups is 1. The van der Waals surface area contributed by atoms with Gasteiger partial charge in [-0.05, 0) is 36.1 Å². The Bertz CT molecular complexity index is 612. The van der Waals surface area contributed by atoms with Gasteiger partial charge in [-0.3, -0.25) is 4.90 Å². The van der Waals surface area contributed by atoms with E-state index in [-0.39, 0.29) is 6.03 Å². The van der Waals surface area contributed by atoms with E-state index in [0.717, 1.165) is 64.6 Å². The van der Waals surface area contributed by atoms with Crippen molar-refractivity contribution in [3.8, 4) is 0 Å². The summed E-state index contributed by atoms with van der Waals surface area (Å²) in [6.07, 6.45) is 1.19. The van der Waals surface area contributed by atoms with Crippen LogP contribution in [-0.2, 0) is 11.3 Å². The van der Waals surface area contributed by atoms with Crippen LogP contribution < -0.4 is 10.2 Å². The van der Waals surface area contributed by atoms with Crippen LogP contribution in [0.25, 0.3) is 0 Å². The quantitative estimate of drug-likeness (QED) is 0.843. The van der Waals surface area contributed by atoms with Crippen LogP contribution in [0, 0.1) is 5.41 Å². The molecule has 1 N–H and O–H groups in total. The largest absolute Gasteiger partial charge is 0.378 e. The predicted octanol–water partition coefficient (Wildman–Crippen LogP) is 2.79. The second-order valence-electron chi connectivity index (χ2n) is 9.06. The molecule has 0 spiro atoms. The number of rotatable bonds is 5. The summed E-state index contributed by atoms with van der Waals surface area (Å²) in [6, 6.07) is 8.54. The summed E-state index contributed by atoms with van der Waals surface area (Å²) in [4.78, 5) is 19.2. The fourth-order valence-electron chi connectivity index (χ4n) is 3.60. The third-order valence-corrected chi connectivity index (χ3v) is 5.59. The molecule has 1 aromatic carbocycles. The second-order valence-corrected chi connectivity index (χ2v) is 9.06. The average Bonchev–Trinajstić information content (AvgIpc) is 2.71. The summed E-state index contributed by atoms with van der Waals surface area (Å²) >= 11 is 0. The first-order valence-corrected chi connectivity index (χ1v) is 10.6. The van der Waals surface area contributed by atoms with Crippen LogP contribution in [0.2, 0.25) is 0 Å². The minimum Gasteiger partial charge on any atom is -0.378 e. The van der Waals surface area contributed by atoms with E-state index in [1.54, 1.807) is 0 Å². The molecule has 2 fully saturated rings. The van der Waals surface area contributed by atoms with E-state index >= 15 is 0 Å². The molecule has 0 bridgehead atoms. The molecule has 0 aliphatic carbocycles. The van der Waals surface area contributed by atoms with Crippen molar-refractivity contribution in [1.82, 2.24) is 15.1 Å². The Kier molecular flexibility index (Phi) is 7.18. The van der Waals surface area contributed by atoms with Gasteiger partial charge >= 0.3 is 6.03 Å². The molecule has 0 atom stereocenters.